The Balaban J connectivity index is -0.0000000497. The summed E-state index contributed by atoms with van der Waals surface area (Å²) in [7, 11) is -10.3. The number of rotatable bonds is 8. The van der Waals surface area contributed by atoms with Gasteiger partial charge in [0, 0.05) is 32.9 Å². The van der Waals surface area contributed by atoms with Crippen molar-refractivity contribution in [2.75, 3.05) is 24.0 Å². The first kappa shape index (κ1) is 49.1. The Kier molecular flexibility index (Phi) is 45.8. The second kappa shape index (κ2) is 28.9. The molecule has 190 valence electrons. The van der Waals surface area contributed by atoms with Crippen LogP contribution in [0, 0.1) is 0 Å². The van der Waals surface area contributed by atoms with Crippen molar-refractivity contribution in [1.29, 1.82) is 0 Å². The molecule has 0 heterocycles. The summed E-state index contributed by atoms with van der Waals surface area (Å²) in [5.74, 6) is -0.780. The van der Waals surface area contributed by atoms with Crippen LogP contribution in [0.15, 0.2) is 0 Å². The van der Waals surface area contributed by atoms with Crippen molar-refractivity contribution < 1.29 is 106 Å². The molecular formula is C10H20Fe3N2O12S4. The quantitative estimate of drug-likeness (QED) is 0.140. The van der Waals surface area contributed by atoms with Crippen molar-refractivity contribution in [3.05, 3.63) is 0 Å². The van der Waals surface area contributed by atoms with E-state index < -0.39 is 44.8 Å². The summed E-state index contributed by atoms with van der Waals surface area (Å²) in [4.78, 5) is 19.9. The Morgan fingerprint density at radius 1 is 0.710 bits per heavy atom. The Morgan fingerprint density at radius 2 is 0.871 bits per heavy atom. The van der Waals surface area contributed by atoms with Crippen LogP contribution in [0.2, 0.25) is 0 Å². The van der Waals surface area contributed by atoms with Gasteiger partial charge in [0.15, 0.2) is 0 Å². The number of thioether (sulfide) groups is 2. The van der Waals surface area contributed by atoms with Gasteiger partial charge in [0.05, 0.1) is 11.9 Å². The first-order chi connectivity index (χ1) is 12.4. The zero-order chi connectivity index (χ0) is 23.6. The molecule has 0 aromatic rings. The van der Waals surface area contributed by atoms with Gasteiger partial charge in [-0.15, -0.1) is 0 Å². The minimum atomic E-state index is -5.17. The van der Waals surface area contributed by atoms with Gasteiger partial charge in [0.1, 0.15) is 0 Å². The largest absolute Gasteiger partial charge is 2.00 e. The molecule has 31 heavy (non-hydrogen) atoms. The van der Waals surface area contributed by atoms with Crippen LogP contribution in [-0.2, 0) is 81.6 Å². The smallest absolute Gasteiger partial charge is 0.759 e. The first-order valence-electron chi connectivity index (χ1n) is 6.60. The van der Waals surface area contributed by atoms with Gasteiger partial charge >= 0.3 is 51.2 Å². The molecule has 0 aliphatic rings. The molecule has 0 amide bonds. The van der Waals surface area contributed by atoms with Crippen LogP contribution in [0.5, 0.6) is 0 Å². The van der Waals surface area contributed by atoms with E-state index in [2.05, 4.69) is 0 Å². The number of hydrogen-bond acceptors (Lipinski definition) is 16. The third-order valence-electron chi connectivity index (χ3n) is 1.87. The van der Waals surface area contributed by atoms with Crippen molar-refractivity contribution in [1.82, 2.24) is 0 Å². The number of carbonyl (C=O) groups is 2. The molecule has 21 heteroatoms. The summed E-state index contributed by atoms with van der Waals surface area (Å²) >= 11 is 3.15. The van der Waals surface area contributed by atoms with Crippen LogP contribution < -0.4 is 21.7 Å². The maximum Gasteiger partial charge on any atom is 2.00 e. The number of carboxylic acid groups (broad SMARTS) is 2. The molecule has 0 saturated heterocycles. The third-order valence-corrected chi connectivity index (χ3v) is 3.16. The molecule has 0 rings (SSSR count). The van der Waals surface area contributed by atoms with E-state index in [1.807, 2.05) is 12.5 Å². The van der Waals surface area contributed by atoms with Crippen LogP contribution in [0.3, 0.4) is 0 Å². The molecule has 4 N–H and O–H groups in total. The first-order valence-corrected chi connectivity index (χ1v) is 12.1. The minimum Gasteiger partial charge on any atom is -0.759 e. The molecule has 0 unspecified atom stereocenters. The van der Waals surface area contributed by atoms with Gasteiger partial charge in [-0.3, -0.25) is 16.8 Å². The second-order valence-electron chi connectivity index (χ2n) is 4.23. The van der Waals surface area contributed by atoms with Crippen molar-refractivity contribution in [3.63, 3.8) is 0 Å². The Morgan fingerprint density at radius 3 is 0.968 bits per heavy atom. The van der Waals surface area contributed by atoms with Crippen molar-refractivity contribution in [2.45, 2.75) is 24.9 Å². The molecule has 0 aromatic heterocycles. The standard InChI is InChI=1S/2C5H11NO2S.3Fe.2H2O4S/c2*1-9-3-2-4(6)5(7)8;;;;2*1-5(2,3)4/h2*4H,2-3,6H2,1H3,(H,7,8);;;;2*(H2,1,2,3,4)/q;;3*+2;;/p-6/t2*4-;;;;;/m00...../s1. The average molecular weight is 656 g/mol. The van der Waals surface area contributed by atoms with E-state index in [4.69, 9.17) is 46.5 Å². The van der Waals surface area contributed by atoms with E-state index in [1.54, 1.807) is 23.5 Å². The molecule has 0 aliphatic heterocycles. The number of nitrogens with two attached hydrogens (primary N) is 2. The SMILES string of the molecule is CSCC[C@H](N)C(=O)[O-].CSCC[C@H](N)C(=O)[O-].O=S(=O)([O-])[O-].O=S(=O)([O-])[O-].[Fe+2].[Fe+2].[Fe+2]. The molecule has 0 aliphatic carbocycles. The molecule has 14 nitrogen and oxygen atoms in total. The molecule has 0 radical (unpaired) electrons. The van der Waals surface area contributed by atoms with Gasteiger partial charge in [-0.25, -0.2) is 0 Å². The fourth-order valence-corrected chi connectivity index (χ4v) is 1.70. The fraction of sp³-hybridized carbons (Fsp3) is 0.800. The van der Waals surface area contributed by atoms with E-state index in [0.717, 1.165) is 11.5 Å². The van der Waals surface area contributed by atoms with Crippen molar-refractivity contribution in [3.8, 4) is 0 Å². The molecule has 0 aromatic carbocycles. The second-order valence-corrected chi connectivity index (χ2v) is 7.83. The Hall–Kier alpha value is 0.858. The predicted octanol–water partition coefficient (Wildman–Crippen LogP) is -5.05. The van der Waals surface area contributed by atoms with E-state index in [9.17, 15) is 19.8 Å². The summed E-state index contributed by atoms with van der Waals surface area (Å²) in [5.41, 5.74) is 10.3. The van der Waals surface area contributed by atoms with Gasteiger partial charge in [0.2, 0.25) is 0 Å². The van der Waals surface area contributed by atoms with Gasteiger partial charge in [0.25, 0.3) is 0 Å². The zero-order valence-electron chi connectivity index (χ0n) is 15.7. The topological polar surface area (TPSA) is 293 Å². The summed E-state index contributed by atoms with van der Waals surface area (Å²) in [6.07, 6.45) is 4.79. The molecule has 2 atom stereocenters. The summed E-state index contributed by atoms with van der Waals surface area (Å²) < 4.78 is 68.2. The normalized spacial score (nSPS) is 11.4. The van der Waals surface area contributed by atoms with Gasteiger partial charge < -0.3 is 49.5 Å². The summed E-state index contributed by atoms with van der Waals surface area (Å²) in [5, 5.41) is 19.9. The van der Waals surface area contributed by atoms with E-state index in [0.29, 0.717) is 12.8 Å². The number of aliphatic carboxylic acids is 2. The third kappa shape index (κ3) is 90.4. The van der Waals surface area contributed by atoms with Crippen LogP contribution in [0.4, 0.5) is 0 Å². The number of hydrogen-bond donors (Lipinski definition) is 2. The predicted molar refractivity (Wildman–Crippen MR) is 92.9 cm³/mol. The van der Waals surface area contributed by atoms with Crippen LogP contribution in [0.1, 0.15) is 12.8 Å². The zero-order valence-corrected chi connectivity index (χ0v) is 22.3. The Labute approximate surface area is 221 Å². The maximum atomic E-state index is 9.96. The number of carboxylic acids is 2. The maximum absolute atomic E-state index is 9.96. The van der Waals surface area contributed by atoms with Crippen LogP contribution in [0.25, 0.3) is 0 Å². The fourth-order valence-electron chi connectivity index (χ4n) is 0.725. The van der Waals surface area contributed by atoms with Gasteiger partial charge in [-0.1, -0.05) is 0 Å². The molecule has 0 bridgehead atoms. The molecule has 0 fully saturated rings. The average Bonchev–Trinajstić information content (AvgIpc) is 2.47. The molecule has 0 spiro atoms. The van der Waals surface area contributed by atoms with E-state index in [1.165, 1.54) is 0 Å². The molecule has 0 saturated carbocycles. The van der Waals surface area contributed by atoms with Crippen molar-refractivity contribution >= 4 is 56.3 Å². The number of carbonyl (C=O) groups excluding carboxylic acids is 2. The van der Waals surface area contributed by atoms with E-state index >= 15 is 0 Å². The van der Waals surface area contributed by atoms with Crippen LogP contribution >= 0.6 is 23.5 Å². The summed E-state index contributed by atoms with van der Waals surface area (Å²) in [6, 6.07) is -1.59. The van der Waals surface area contributed by atoms with E-state index in [-0.39, 0.29) is 51.2 Å². The monoisotopic (exact) mass is 656 g/mol. The van der Waals surface area contributed by atoms with Gasteiger partial charge in [-0.2, -0.15) is 23.5 Å². The van der Waals surface area contributed by atoms with Crippen molar-refractivity contribution in [2.24, 2.45) is 11.5 Å². The molecular weight excluding hydrogens is 636 g/mol. The Bertz CT molecular complexity index is 554. The minimum absolute atomic E-state index is 0. The van der Waals surface area contributed by atoms with Crippen LogP contribution in [-0.4, -0.2) is 83.1 Å². The van der Waals surface area contributed by atoms with Gasteiger partial charge in [-0.05, 0) is 36.9 Å². The summed E-state index contributed by atoms with van der Waals surface area (Å²) in [6.45, 7) is 0.